The van der Waals surface area contributed by atoms with Crippen LogP contribution < -0.4 is 5.73 Å². The average molecular weight is 168 g/mol. The van der Waals surface area contributed by atoms with Crippen molar-refractivity contribution >= 4 is 5.95 Å². The highest BCUT2D eigenvalue weighted by Gasteiger charge is 2.04. The van der Waals surface area contributed by atoms with Crippen LogP contribution in [0.15, 0.2) is 6.33 Å². The van der Waals surface area contributed by atoms with E-state index in [0.29, 0.717) is 12.2 Å². The summed E-state index contributed by atoms with van der Waals surface area (Å²) < 4.78 is 5.05. The van der Waals surface area contributed by atoms with Gasteiger partial charge in [-0.2, -0.15) is 4.98 Å². The average Bonchev–Trinajstić information content (AvgIpc) is 2.04. The van der Waals surface area contributed by atoms with Gasteiger partial charge in [-0.15, -0.1) is 0 Å². The van der Waals surface area contributed by atoms with Crippen LogP contribution >= 0.6 is 0 Å². The largest absolute Gasteiger partial charge is 0.381 e. The van der Waals surface area contributed by atoms with Crippen molar-refractivity contribution in [2.24, 2.45) is 0 Å². The summed E-state index contributed by atoms with van der Waals surface area (Å²) in [7, 11) is 1.65. The molecule has 1 aromatic heterocycles. The molecule has 5 heteroatoms. The Hall–Kier alpha value is -1.23. The number of methoxy groups -OCH3 is 1. The fourth-order valence-corrected chi connectivity index (χ4v) is 0.783. The lowest BCUT2D eigenvalue weighted by Gasteiger charge is -2.06. The van der Waals surface area contributed by atoms with Crippen LogP contribution in [0, 0.1) is 0 Å². The molecule has 0 aromatic carbocycles. The summed E-state index contributed by atoms with van der Waals surface area (Å²) in [6.45, 7) is 1.94. The normalized spacial score (nSPS) is 12.8. The minimum Gasteiger partial charge on any atom is -0.381 e. The van der Waals surface area contributed by atoms with Gasteiger partial charge in [0.2, 0.25) is 5.95 Å². The maximum absolute atomic E-state index is 5.37. The highest BCUT2D eigenvalue weighted by molar-refractivity contribution is 5.12. The van der Waals surface area contributed by atoms with Crippen LogP contribution in [0.4, 0.5) is 5.95 Å². The van der Waals surface area contributed by atoms with Crippen molar-refractivity contribution in [3.05, 3.63) is 12.2 Å². The zero-order chi connectivity index (χ0) is 8.97. The Morgan fingerprint density at radius 2 is 2.33 bits per heavy atom. The Kier molecular flexibility index (Phi) is 2.93. The van der Waals surface area contributed by atoms with Gasteiger partial charge in [-0.25, -0.2) is 9.97 Å². The lowest BCUT2D eigenvalue weighted by Crippen LogP contribution is -2.12. The summed E-state index contributed by atoms with van der Waals surface area (Å²) in [6.07, 6.45) is 2.16. The van der Waals surface area contributed by atoms with Crippen molar-refractivity contribution in [2.45, 2.75) is 19.4 Å². The quantitative estimate of drug-likeness (QED) is 0.689. The maximum atomic E-state index is 5.37. The van der Waals surface area contributed by atoms with Crippen LogP contribution in [0.3, 0.4) is 0 Å². The summed E-state index contributed by atoms with van der Waals surface area (Å²) in [5.41, 5.74) is 5.37. The number of anilines is 1. The number of hydrogen-bond acceptors (Lipinski definition) is 5. The number of nitrogens with two attached hydrogens (primary N) is 1. The molecule has 1 heterocycles. The van der Waals surface area contributed by atoms with Crippen LogP contribution in [0.2, 0.25) is 0 Å². The molecule has 0 aliphatic heterocycles. The van der Waals surface area contributed by atoms with Crippen molar-refractivity contribution in [1.29, 1.82) is 0 Å². The first-order valence-electron chi connectivity index (χ1n) is 3.68. The summed E-state index contributed by atoms with van der Waals surface area (Å²) in [5.74, 6) is 0.917. The molecular formula is C7H12N4O. The summed E-state index contributed by atoms with van der Waals surface area (Å²) in [4.78, 5) is 11.6. The van der Waals surface area contributed by atoms with Gasteiger partial charge in [0.05, 0.1) is 6.10 Å². The van der Waals surface area contributed by atoms with Gasteiger partial charge in [0, 0.05) is 13.5 Å². The zero-order valence-corrected chi connectivity index (χ0v) is 7.19. The molecule has 1 unspecified atom stereocenters. The number of nitrogens with zero attached hydrogens (tertiary/aromatic N) is 3. The predicted molar refractivity (Wildman–Crippen MR) is 44.4 cm³/mol. The molecule has 0 saturated carbocycles. The second-order valence-corrected chi connectivity index (χ2v) is 2.51. The molecular weight excluding hydrogens is 156 g/mol. The van der Waals surface area contributed by atoms with E-state index in [-0.39, 0.29) is 12.1 Å². The smallest absolute Gasteiger partial charge is 0.223 e. The molecule has 5 nitrogen and oxygen atoms in total. The fourth-order valence-electron chi connectivity index (χ4n) is 0.783. The van der Waals surface area contributed by atoms with E-state index in [2.05, 4.69) is 15.0 Å². The first-order valence-corrected chi connectivity index (χ1v) is 3.68. The van der Waals surface area contributed by atoms with Gasteiger partial charge in [0.15, 0.2) is 0 Å². The molecule has 0 aliphatic carbocycles. The summed E-state index contributed by atoms with van der Waals surface area (Å²) >= 11 is 0. The first kappa shape index (κ1) is 8.86. The number of nitrogen functional groups attached to an aromatic ring is 1. The van der Waals surface area contributed by atoms with Gasteiger partial charge >= 0.3 is 0 Å². The topological polar surface area (TPSA) is 73.9 Å². The highest BCUT2D eigenvalue weighted by Crippen LogP contribution is 1.99. The standard InChI is InChI=1S/C7H12N4O/c1-5(12-2)3-6-9-4-10-7(8)11-6/h4-5H,3H2,1-2H3,(H2,8,9,10,11). The molecule has 0 amide bonds. The fraction of sp³-hybridized carbons (Fsp3) is 0.571. The van der Waals surface area contributed by atoms with Crippen LogP contribution in [0.25, 0.3) is 0 Å². The van der Waals surface area contributed by atoms with E-state index in [1.54, 1.807) is 7.11 Å². The Balaban J connectivity index is 2.63. The van der Waals surface area contributed by atoms with E-state index in [0.717, 1.165) is 0 Å². The highest BCUT2D eigenvalue weighted by atomic mass is 16.5. The van der Waals surface area contributed by atoms with Crippen LogP contribution in [-0.2, 0) is 11.2 Å². The van der Waals surface area contributed by atoms with E-state index < -0.39 is 0 Å². The maximum Gasteiger partial charge on any atom is 0.223 e. The number of ether oxygens (including phenoxy) is 1. The van der Waals surface area contributed by atoms with Crippen LogP contribution in [0.5, 0.6) is 0 Å². The minimum absolute atomic E-state index is 0.104. The Bertz CT molecular complexity index is 253. The van der Waals surface area contributed by atoms with Crippen molar-refractivity contribution < 1.29 is 4.74 Å². The predicted octanol–water partition coefficient (Wildman–Crippen LogP) is 0.0312. The van der Waals surface area contributed by atoms with Gasteiger partial charge in [0.1, 0.15) is 12.2 Å². The molecule has 1 aromatic rings. The second kappa shape index (κ2) is 3.96. The van der Waals surface area contributed by atoms with E-state index in [1.165, 1.54) is 6.33 Å². The molecule has 0 aliphatic rings. The lowest BCUT2D eigenvalue weighted by atomic mass is 10.3. The molecule has 1 rings (SSSR count). The van der Waals surface area contributed by atoms with Crippen molar-refractivity contribution in [2.75, 3.05) is 12.8 Å². The molecule has 0 spiro atoms. The third-order valence-electron chi connectivity index (χ3n) is 1.51. The van der Waals surface area contributed by atoms with Gasteiger partial charge in [-0.05, 0) is 6.92 Å². The van der Waals surface area contributed by atoms with Crippen molar-refractivity contribution in [1.82, 2.24) is 15.0 Å². The summed E-state index contributed by atoms with van der Waals surface area (Å²) in [6, 6.07) is 0. The Morgan fingerprint density at radius 1 is 1.58 bits per heavy atom. The molecule has 2 N–H and O–H groups in total. The molecule has 0 fully saturated rings. The second-order valence-electron chi connectivity index (χ2n) is 2.51. The third kappa shape index (κ3) is 2.43. The molecule has 12 heavy (non-hydrogen) atoms. The Morgan fingerprint density at radius 3 is 2.92 bits per heavy atom. The molecule has 1 atom stereocenters. The first-order chi connectivity index (χ1) is 5.72. The van der Waals surface area contributed by atoms with Gasteiger partial charge in [-0.1, -0.05) is 0 Å². The van der Waals surface area contributed by atoms with Gasteiger partial charge in [0.25, 0.3) is 0 Å². The van der Waals surface area contributed by atoms with E-state index in [4.69, 9.17) is 10.5 Å². The van der Waals surface area contributed by atoms with Crippen LogP contribution in [0.1, 0.15) is 12.7 Å². The van der Waals surface area contributed by atoms with Crippen molar-refractivity contribution in [3.63, 3.8) is 0 Å². The number of hydrogen-bond donors (Lipinski definition) is 1. The number of rotatable bonds is 3. The molecule has 0 saturated heterocycles. The van der Waals surface area contributed by atoms with Crippen LogP contribution in [-0.4, -0.2) is 28.2 Å². The third-order valence-corrected chi connectivity index (χ3v) is 1.51. The minimum atomic E-state index is 0.104. The van der Waals surface area contributed by atoms with Crippen molar-refractivity contribution in [3.8, 4) is 0 Å². The van der Waals surface area contributed by atoms with E-state index in [1.807, 2.05) is 6.92 Å². The van der Waals surface area contributed by atoms with Gasteiger partial charge < -0.3 is 10.5 Å². The number of aromatic nitrogens is 3. The molecule has 66 valence electrons. The summed E-state index contributed by atoms with van der Waals surface area (Å²) in [5, 5.41) is 0. The Labute approximate surface area is 71.0 Å². The molecule has 0 radical (unpaired) electrons. The van der Waals surface area contributed by atoms with E-state index in [9.17, 15) is 0 Å². The van der Waals surface area contributed by atoms with Gasteiger partial charge in [-0.3, -0.25) is 0 Å². The lowest BCUT2D eigenvalue weighted by molar-refractivity contribution is 0.117. The van der Waals surface area contributed by atoms with E-state index >= 15 is 0 Å². The monoisotopic (exact) mass is 168 g/mol. The SMILES string of the molecule is COC(C)Cc1ncnc(N)n1. The molecule has 0 bridgehead atoms. The zero-order valence-electron chi connectivity index (χ0n) is 7.19.